The smallest absolute Gasteiger partial charge is 0.224 e. The van der Waals surface area contributed by atoms with Crippen molar-refractivity contribution in [1.29, 1.82) is 0 Å². The van der Waals surface area contributed by atoms with Crippen molar-refractivity contribution in [2.75, 3.05) is 12.8 Å². The first-order chi connectivity index (χ1) is 10.7. The molecule has 0 aliphatic carbocycles. The fraction of sp³-hybridized carbons (Fsp3) is 0.250. The topological polar surface area (TPSA) is 80.3 Å². The SMILES string of the molecule is Cc1ccccc1CCNS(=O)(=O)c1ccc(S(C)(=O)=O)cc1. The summed E-state index contributed by atoms with van der Waals surface area (Å²) in [4.78, 5) is 0.144. The highest BCUT2D eigenvalue weighted by Gasteiger charge is 2.15. The van der Waals surface area contributed by atoms with E-state index in [2.05, 4.69) is 4.72 Å². The third-order valence-corrected chi connectivity index (χ3v) is 6.12. The van der Waals surface area contributed by atoms with Gasteiger partial charge in [0.2, 0.25) is 10.0 Å². The molecule has 124 valence electrons. The van der Waals surface area contributed by atoms with Crippen LogP contribution < -0.4 is 4.72 Å². The van der Waals surface area contributed by atoms with Gasteiger partial charge in [0, 0.05) is 12.8 Å². The van der Waals surface area contributed by atoms with Crippen molar-refractivity contribution >= 4 is 19.9 Å². The molecule has 0 fully saturated rings. The molecule has 1 N–H and O–H groups in total. The van der Waals surface area contributed by atoms with E-state index >= 15 is 0 Å². The van der Waals surface area contributed by atoms with Crippen LogP contribution in [-0.2, 0) is 26.3 Å². The van der Waals surface area contributed by atoms with Gasteiger partial charge in [-0.2, -0.15) is 0 Å². The Kier molecular flexibility index (Phi) is 5.23. The summed E-state index contributed by atoms with van der Waals surface area (Å²) in [6.07, 6.45) is 1.67. The first kappa shape index (κ1) is 17.7. The van der Waals surface area contributed by atoms with E-state index in [4.69, 9.17) is 0 Å². The summed E-state index contributed by atoms with van der Waals surface area (Å²) in [7, 11) is -6.99. The summed E-state index contributed by atoms with van der Waals surface area (Å²) in [5, 5.41) is 0. The van der Waals surface area contributed by atoms with Gasteiger partial charge in [0.25, 0.3) is 0 Å². The lowest BCUT2D eigenvalue weighted by atomic mass is 10.1. The quantitative estimate of drug-likeness (QED) is 0.860. The first-order valence-corrected chi connectivity index (χ1v) is 10.4. The van der Waals surface area contributed by atoms with Gasteiger partial charge in [0.15, 0.2) is 9.84 Å². The Hall–Kier alpha value is -1.70. The minimum absolute atomic E-state index is 0.0506. The van der Waals surface area contributed by atoms with Gasteiger partial charge in [-0.25, -0.2) is 21.6 Å². The fourth-order valence-electron chi connectivity index (χ4n) is 2.16. The van der Waals surface area contributed by atoms with Crippen LogP contribution in [0.3, 0.4) is 0 Å². The number of benzene rings is 2. The lowest BCUT2D eigenvalue weighted by molar-refractivity contribution is 0.581. The van der Waals surface area contributed by atoms with Crippen molar-refractivity contribution in [2.24, 2.45) is 0 Å². The zero-order valence-corrected chi connectivity index (χ0v) is 14.6. The summed E-state index contributed by atoms with van der Waals surface area (Å²) in [5.74, 6) is 0. The average Bonchev–Trinajstić information content (AvgIpc) is 2.48. The number of sulfone groups is 1. The van der Waals surface area contributed by atoms with E-state index in [0.717, 1.165) is 17.4 Å². The first-order valence-electron chi connectivity index (χ1n) is 7.04. The highest BCUT2D eigenvalue weighted by molar-refractivity contribution is 7.90. The molecular formula is C16H19NO4S2. The zero-order valence-electron chi connectivity index (χ0n) is 13.0. The molecular weight excluding hydrogens is 334 g/mol. The van der Waals surface area contributed by atoms with Gasteiger partial charge in [0.1, 0.15) is 0 Å². The van der Waals surface area contributed by atoms with Gasteiger partial charge >= 0.3 is 0 Å². The predicted molar refractivity (Wildman–Crippen MR) is 89.6 cm³/mol. The molecule has 0 aliphatic rings. The van der Waals surface area contributed by atoms with Gasteiger partial charge in [-0.3, -0.25) is 0 Å². The van der Waals surface area contributed by atoms with Crippen molar-refractivity contribution in [3.05, 3.63) is 59.7 Å². The predicted octanol–water partition coefficient (Wildman–Crippen LogP) is 1.92. The monoisotopic (exact) mass is 353 g/mol. The summed E-state index contributed by atoms with van der Waals surface area (Å²) in [5.41, 5.74) is 2.20. The van der Waals surface area contributed by atoms with Gasteiger partial charge in [-0.1, -0.05) is 24.3 Å². The molecule has 0 unspecified atom stereocenters. The second kappa shape index (κ2) is 6.82. The Labute approximate surface area is 137 Å². The van der Waals surface area contributed by atoms with Crippen LogP contribution in [0, 0.1) is 6.92 Å². The molecule has 0 saturated carbocycles. The normalized spacial score (nSPS) is 12.3. The lowest BCUT2D eigenvalue weighted by Gasteiger charge is -2.09. The van der Waals surface area contributed by atoms with E-state index in [9.17, 15) is 16.8 Å². The molecule has 2 rings (SSSR count). The molecule has 7 heteroatoms. The Morgan fingerprint density at radius 2 is 1.43 bits per heavy atom. The second-order valence-electron chi connectivity index (χ2n) is 5.32. The summed E-state index contributed by atoms with van der Waals surface area (Å²) in [6.45, 7) is 2.26. The Morgan fingerprint density at radius 1 is 0.870 bits per heavy atom. The molecule has 0 spiro atoms. The molecule has 0 atom stereocenters. The molecule has 0 aliphatic heterocycles. The third kappa shape index (κ3) is 4.63. The number of rotatable bonds is 6. The number of hydrogen-bond donors (Lipinski definition) is 1. The number of sulfonamides is 1. The van der Waals surface area contributed by atoms with Gasteiger partial charge in [-0.05, 0) is 48.7 Å². The van der Waals surface area contributed by atoms with E-state index < -0.39 is 19.9 Å². The number of aryl methyl sites for hydroxylation is 1. The van der Waals surface area contributed by atoms with Crippen LogP contribution in [0.15, 0.2) is 58.3 Å². The standard InChI is InChI=1S/C16H19NO4S2/c1-13-5-3-4-6-14(13)11-12-17-23(20,21)16-9-7-15(8-10-16)22(2,18)19/h3-10,17H,11-12H2,1-2H3. The lowest BCUT2D eigenvalue weighted by Crippen LogP contribution is -2.26. The maximum atomic E-state index is 12.2. The number of nitrogens with one attached hydrogen (secondary N) is 1. The molecule has 5 nitrogen and oxygen atoms in total. The zero-order chi connectivity index (χ0) is 17.1. The van der Waals surface area contributed by atoms with Crippen molar-refractivity contribution < 1.29 is 16.8 Å². The van der Waals surface area contributed by atoms with Crippen molar-refractivity contribution in [3.63, 3.8) is 0 Å². The summed E-state index contributed by atoms with van der Waals surface area (Å²) >= 11 is 0. The number of hydrogen-bond acceptors (Lipinski definition) is 4. The highest BCUT2D eigenvalue weighted by Crippen LogP contribution is 2.14. The van der Waals surface area contributed by atoms with Crippen LogP contribution in [0.5, 0.6) is 0 Å². The fourth-order valence-corrected chi connectivity index (χ4v) is 3.82. The minimum Gasteiger partial charge on any atom is -0.224 e. The molecule has 0 heterocycles. The van der Waals surface area contributed by atoms with E-state index in [1.807, 2.05) is 31.2 Å². The molecule has 2 aromatic carbocycles. The van der Waals surface area contributed by atoms with Crippen LogP contribution in [-0.4, -0.2) is 29.6 Å². The van der Waals surface area contributed by atoms with Gasteiger partial charge in [-0.15, -0.1) is 0 Å². The highest BCUT2D eigenvalue weighted by atomic mass is 32.2. The molecule has 0 saturated heterocycles. The summed E-state index contributed by atoms with van der Waals surface area (Å²) < 4.78 is 49.7. The van der Waals surface area contributed by atoms with Gasteiger partial charge < -0.3 is 0 Å². The Balaban J connectivity index is 2.06. The van der Waals surface area contributed by atoms with Crippen LogP contribution in [0.4, 0.5) is 0 Å². The Bertz CT molecular complexity index is 886. The van der Waals surface area contributed by atoms with Crippen LogP contribution in [0.1, 0.15) is 11.1 Å². The van der Waals surface area contributed by atoms with Crippen LogP contribution in [0.2, 0.25) is 0 Å². The van der Waals surface area contributed by atoms with Crippen LogP contribution >= 0.6 is 0 Å². The molecule has 0 radical (unpaired) electrons. The van der Waals surface area contributed by atoms with E-state index in [1.54, 1.807) is 0 Å². The molecule has 0 bridgehead atoms. The second-order valence-corrected chi connectivity index (χ2v) is 9.10. The third-order valence-electron chi connectivity index (χ3n) is 3.51. The minimum atomic E-state index is -3.65. The maximum Gasteiger partial charge on any atom is 0.240 e. The maximum absolute atomic E-state index is 12.2. The average molecular weight is 353 g/mol. The molecule has 2 aromatic rings. The van der Waals surface area contributed by atoms with E-state index in [1.165, 1.54) is 24.3 Å². The molecule has 0 amide bonds. The molecule has 23 heavy (non-hydrogen) atoms. The van der Waals surface area contributed by atoms with Crippen LogP contribution in [0.25, 0.3) is 0 Å². The molecule has 0 aromatic heterocycles. The van der Waals surface area contributed by atoms with Crippen molar-refractivity contribution in [3.8, 4) is 0 Å². The summed E-state index contributed by atoms with van der Waals surface area (Å²) in [6, 6.07) is 13.0. The van der Waals surface area contributed by atoms with Gasteiger partial charge in [0.05, 0.1) is 9.79 Å². The Morgan fingerprint density at radius 3 is 2.00 bits per heavy atom. The van der Waals surface area contributed by atoms with Crippen molar-refractivity contribution in [1.82, 2.24) is 4.72 Å². The van der Waals surface area contributed by atoms with E-state index in [0.29, 0.717) is 6.42 Å². The van der Waals surface area contributed by atoms with E-state index in [-0.39, 0.29) is 16.3 Å². The largest absolute Gasteiger partial charge is 0.240 e. The van der Waals surface area contributed by atoms with Crippen molar-refractivity contribution in [2.45, 2.75) is 23.1 Å².